The second-order valence-corrected chi connectivity index (χ2v) is 7.85. The van der Waals surface area contributed by atoms with Gasteiger partial charge in [0.1, 0.15) is 0 Å². The maximum Gasteiger partial charge on any atom is 0.253 e. The van der Waals surface area contributed by atoms with Gasteiger partial charge in [0.25, 0.3) is 11.8 Å². The molecule has 32 heavy (non-hydrogen) atoms. The maximum absolute atomic E-state index is 12.9. The van der Waals surface area contributed by atoms with Crippen molar-refractivity contribution in [1.29, 1.82) is 0 Å². The molecule has 0 heterocycles. The second kappa shape index (κ2) is 9.92. The van der Waals surface area contributed by atoms with Crippen LogP contribution in [0.3, 0.4) is 0 Å². The highest BCUT2D eigenvalue weighted by Gasteiger charge is 2.25. The van der Waals surface area contributed by atoms with Crippen LogP contribution in [-0.4, -0.2) is 23.8 Å². The Labute approximate surface area is 187 Å². The second-order valence-electron chi connectivity index (χ2n) is 7.85. The SMILES string of the molecule is O=C(CC(NC(=O)c1ccccc1)c1ccccc1)Nc1ccccc1C(=O)NC1CC1. The molecule has 3 aromatic carbocycles. The minimum atomic E-state index is -0.517. The number of para-hydroxylation sites is 1. The average molecular weight is 428 g/mol. The summed E-state index contributed by atoms with van der Waals surface area (Å²) < 4.78 is 0. The van der Waals surface area contributed by atoms with Crippen molar-refractivity contribution in [2.45, 2.75) is 31.3 Å². The van der Waals surface area contributed by atoms with E-state index in [1.54, 1.807) is 48.5 Å². The van der Waals surface area contributed by atoms with Gasteiger partial charge in [-0.2, -0.15) is 0 Å². The zero-order valence-corrected chi connectivity index (χ0v) is 17.6. The minimum Gasteiger partial charge on any atom is -0.349 e. The van der Waals surface area contributed by atoms with Crippen LogP contribution in [0.1, 0.15) is 51.6 Å². The fraction of sp³-hybridized carbons (Fsp3) is 0.192. The van der Waals surface area contributed by atoms with Gasteiger partial charge in [0, 0.05) is 11.6 Å². The number of benzene rings is 3. The summed E-state index contributed by atoms with van der Waals surface area (Å²) in [4.78, 5) is 38.2. The van der Waals surface area contributed by atoms with Gasteiger partial charge in [-0.1, -0.05) is 60.7 Å². The van der Waals surface area contributed by atoms with Gasteiger partial charge in [0.2, 0.25) is 5.91 Å². The Morgan fingerprint density at radius 1 is 0.781 bits per heavy atom. The lowest BCUT2D eigenvalue weighted by atomic mass is 10.0. The van der Waals surface area contributed by atoms with E-state index in [9.17, 15) is 14.4 Å². The first-order valence-corrected chi connectivity index (χ1v) is 10.7. The third-order valence-corrected chi connectivity index (χ3v) is 5.29. The molecule has 6 heteroatoms. The molecule has 0 aromatic heterocycles. The number of nitrogens with one attached hydrogen (secondary N) is 3. The Morgan fingerprint density at radius 2 is 1.41 bits per heavy atom. The van der Waals surface area contributed by atoms with E-state index < -0.39 is 6.04 Å². The van der Waals surface area contributed by atoms with Crippen molar-refractivity contribution in [2.75, 3.05) is 5.32 Å². The zero-order chi connectivity index (χ0) is 22.3. The van der Waals surface area contributed by atoms with Crippen molar-refractivity contribution in [3.8, 4) is 0 Å². The number of hydrogen-bond acceptors (Lipinski definition) is 3. The van der Waals surface area contributed by atoms with Crippen molar-refractivity contribution in [3.05, 3.63) is 102 Å². The molecular formula is C26H25N3O3. The number of carbonyl (C=O) groups excluding carboxylic acids is 3. The lowest BCUT2D eigenvalue weighted by Gasteiger charge is -2.20. The summed E-state index contributed by atoms with van der Waals surface area (Å²) in [6.07, 6.45) is 2.00. The molecule has 0 saturated heterocycles. The first kappa shape index (κ1) is 21.3. The lowest BCUT2D eigenvalue weighted by Crippen LogP contribution is -2.32. The standard InChI is InChI=1S/C26H25N3O3/c30-24(28-22-14-8-7-13-21(22)26(32)27-20-15-16-20)17-23(18-9-3-1-4-10-18)29-25(31)19-11-5-2-6-12-19/h1-14,20,23H,15-17H2,(H,27,32)(H,28,30)(H,29,31). The van der Waals surface area contributed by atoms with Crippen LogP contribution in [0.15, 0.2) is 84.9 Å². The van der Waals surface area contributed by atoms with Crippen molar-refractivity contribution in [1.82, 2.24) is 10.6 Å². The van der Waals surface area contributed by atoms with Crippen LogP contribution in [-0.2, 0) is 4.79 Å². The molecule has 3 aromatic rings. The quantitative estimate of drug-likeness (QED) is 0.506. The summed E-state index contributed by atoms with van der Waals surface area (Å²) in [6, 6.07) is 24.9. The van der Waals surface area contributed by atoms with E-state index in [2.05, 4.69) is 16.0 Å². The molecular weight excluding hydrogens is 402 g/mol. The van der Waals surface area contributed by atoms with Crippen molar-refractivity contribution >= 4 is 23.4 Å². The van der Waals surface area contributed by atoms with E-state index in [0.29, 0.717) is 16.8 Å². The topological polar surface area (TPSA) is 87.3 Å². The third-order valence-electron chi connectivity index (χ3n) is 5.29. The molecule has 0 spiro atoms. The molecule has 1 aliphatic rings. The fourth-order valence-electron chi connectivity index (χ4n) is 3.44. The van der Waals surface area contributed by atoms with Crippen LogP contribution in [0.5, 0.6) is 0 Å². The molecule has 1 saturated carbocycles. The highest BCUT2D eigenvalue weighted by atomic mass is 16.2. The van der Waals surface area contributed by atoms with Crippen LogP contribution in [0.4, 0.5) is 5.69 Å². The number of amides is 3. The minimum absolute atomic E-state index is 0.0289. The van der Waals surface area contributed by atoms with Gasteiger partial charge in [-0.05, 0) is 42.7 Å². The Morgan fingerprint density at radius 3 is 2.09 bits per heavy atom. The van der Waals surface area contributed by atoms with Gasteiger partial charge in [0.15, 0.2) is 0 Å². The largest absolute Gasteiger partial charge is 0.349 e. The van der Waals surface area contributed by atoms with E-state index in [1.807, 2.05) is 36.4 Å². The van der Waals surface area contributed by atoms with Crippen LogP contribution in [0.2, 0.25) is 0 Å². The predicted octanol–water partition coefficient (Wildman–Crippen LogP) is 4.08. The third kappa shape index (κ3) is 5.60. The Kier molecular flexibility index (Phi) is 6.60. The van der Waals surface area contributed by atoms with Gasteiger partial charge < -0.3 is 16.0 Å². The lowest BCUT2D eigenvalue weighted by molar-refractivity contribution is -0.116. The smallest absolute Gasteiger partial charge is 0.253 e. The molecule has 0 bridgehead atoms. The molecule has 0 aliphatic heterocycles. The molecule has 0 radical (unpaired) electrons. The van der Waals surface area contributed by atoms with Gasteiger partial charge in [-0.15, -0.1) is 0 Å². The maximum atomic E-state index is 12.9. The summed E-state index contributed by atoms with van der Waals surface area (Å²) in [5.74, 6) is -0.740. The first-order valence-electron chi connectivity index (χ1n) is 10.7. The highest BCUT2D eigenvalue weighted by molar-refractivity contribution is 6.04. The molecule has 4 rings (SSSR count). The monoisotopic (exact) mass is 427 g/mol. The predicted molar refractivity (Wildman–Crippen MR) is 123 cm³/mol. The fourth-order valence-corrected chi connectivity index (χ4v) is 3.44. The molecule has 1 aliphatic carbocycles. The molecule has 1 unspecified atom stereocenters. The van der Waals surface area contributed by atoms with Crippen molar-refractivity contribution in [3.63, 3.8) is 0 Å². The van der Waals surface area contributed by atoms with Crippen LogP contribution in [0.25, 0.3) is 0 Å². The number of hydrogen-bond donors (Lipinski definition) is 3. The van der Waals surface area contributed by atoms with Crippen LogP contribution in [0, 0.1) is 0 Å². The molecule has 3 N–H and O–H groups in total. The summed E-state index contributed by atoms with van der Waals surface area (Å²) in [5.41, 5.74) is 2.23. The van der Waals surface area contributed by atoms with Gasteiger partial charge in [-0.25, -0.2) is 0 Å². The van der Waals surface area contributed by atoms with E-state index in [0.717, 1.165) is 18.4 Å². The number of carbonyl (C=O) groups is 3. The normalized spacial score (nSPS) is 13.6. The molecule has 1 fully saturated rings. The van der Waals surface area contributed by atoms with E-state index in [-0.39, 0.29) is 30.2 Å². The van der Waals surface area contributed by atoms with Gasteiger partial charge >= 0.3 is 0 Å². The Hall–Kier alpha value is -3.93. The Balaban J connectivity index is 1.48. The molecule has 1 atom stereocenters. The van der Waals surface area contributed by atoms with E-state index in [4.69, 9.17) is 0 Å². The summed E-state index contributed by atoms with van der Waals surface area (Å²) >= 11 is 0. The molecule has 162 valence electrons. The molecule has 3 amide bonds. The van der Waals surface area contributed by atoms with Crippen LogP contribution < -0.4 is 16.0 Å². The van der Waals surface area contributed by atoms with Gasteiger partial charge in [-0.3, -0.25) is 14.4 Å². The van der Waals surface area contributed by atoms with E-state index >= 15 is 0 Å². The highest BCUT2D eigenvalue weighted by Crippen LogP contribution is 2.23. The summed E-state index contributed by atoms with van der Waals surface area (Å²) in [6.45, 7) is 0. The Bertz CT molecular complexity index is 1100. The van der Waals surface area contributed by atoms with Crippen molar-refractivity contribution in [2.24, 2.45) is 0 Å². The zero-order valence-electron chi connectivity index (χ0n) is 17.6. The van der Waals surface area contributed by atoms with E-state index in [1.165, 1.54) is 0 Å². The average Bonchev–Trinajstić information content (AvgIpc) is 3.64. The van der Waals surface area contributed by atoms with Crippen LogP contribution >= 0.6 is 0 Å². The number of anilines is 1. The summed E-state index contributed by atoms with van der Waals surface area (Å²) in [5, 5.41) is 8.75. The number of rotatable bonds is 8. The summed E-state index contributed by atoms with van der Waals surface area (Å²) in [7, 11) is 0. The first-order chi connectivity index (χ1) is 15.6. The van der Waals surface area contributed by atoms with Gasteiger partial charge in [0.05, 0.1) is 23.7 Å². The molecule has 6 nitrogen and oxygen atoms in total. The van der Waals surface area contributed by atoms with Crippen molar-refractivity contribution < 1.29 is 14.4 Å².